The Bertz CT molecular complexity index is 1500. The van der Waals surface area contributed by atoms with E-state index in [-0.39, 0.29) is 35.7 Å². The van der Waals surface area contributed by atoms with Crippen molar-refractivity contribution < 1.29 is 4.79 Å². The Labute approximate surface area is 194 Å². The maximum Gasteiger partial charge on any atom is 0.330 e. The molecular formula is C25H23N5O4. The van der Waals surface area contributed by atoms with Gasteiger partial charge in [-0.1, -0.05) is 60.7 Å². The predicted octanol–water partition coefficient (Wildman–Crippen LogP) is 1.71. The van der Waals surface area contributed by atoms with Gasteiger partial charge in [-0.25, -0.2) is 4.79 Å². The van der Waals surface area contributed by atoms with Crippen molar-refractivity contribution in [1.82, 2.24) is 14.1 Å². The molecule has 0 fully saturated rings. The molecule has 0 spiro atoms. The lowest BCUT2D eigenvalue weighted by Crippen LogP contribution is -2.41. The Hall–Kier alpha value is -4.66. The number of nitrogen functional groups attached to an aromatic ring is 1. The van der Waals surface area contributed by atoms with Gasteiger partial charge in [0, 0.05) is 24.9 Å². The van der Waals surface area contributed by atoms with E-state index in [9.17, 15) is 19.2 Å². The van der Waals surface area contributed by atoms with Crippen LogP contribution in [0.4, 0.5) is 11.5 Å². The van der Waals surface area contributed by atoms with Gasteiger partial charge in [-0.2, -0.15) is 0 Å². The number of carbonyl (C=O) groups excluding carboxylic acids is 1. The fraction of sp³-hybridized carbons (Fsp3) is 0.120. The third kappa shape index (κ3) is 4.58. The number of H-pyrrole nitrogens is 1. The van der Waals surface area contributed by atoms with Crippen molar-refractivity contribution >= 4 is 17.4 Å². The van der Waals surface area contributed by atoms with Crippen LogP contribution in [0.15, 0.2) is 93.4 Å². The molecule has 172 valence electrons. The van der Waals surface area contributed by atoms with Gasteiger partial charge in [0.15, 0.2) is 5.69 Å². The van der Waals surface area contributed by atoms with E-state index in [0.29, 0.717) is 0 Å². The summed E-state index contributed by atoms with van der Waals surface area (Å²) in [5.74, 6) is -0.741. The quantitative estimate of drug-likeness (QED) is 0.456. The normalized spacial score (nSPS) is 10.7. The summed E-state index contributed by atoms with van der Waals surface area (Å²) < 4.78 is 2.54. The molecule has 0 saturated carbocycles. The van der Waals surface area contributed by atoms with E-state index in [4.69, 9.17) is 5.73 Å². The van der Waals surface area contributed by atoms with Crippen molar-refractivity contribution in [3.8, 4) is 0 Å². The number of aryl methyl sites for hydroxylation is 1. The zero-order valence-corrected chi connectivity index (χ0v) is 18.5. The molecule has 4 aromatic rings. The topological polar surface area (TPSA) is 123 Å². The third-order valence-corrected chi connectivity index (χ3v) is 5.45. The molecule has 0 atom stereocenters. The highest BCUT2D eigenvalue weighted by Crippen LogP contribution is 2.22. The lowest BCUT2D eigenvalue weighted by atomic mass is 10.1. The largest absolute Gasteiger partial charge is 0.383 e. The van der Waals surface area contributed by atoms with Crippen LogP contribution in [-0.4, -0.2) is 20.0 Å². The van der Waals surface area contributed by atoms with E-state index in [2.05, 4.69) is 4.98 Å². The van der Waals surface area contributed by atoms with Gasteiger partial charge in [0.05, 0.1) is 13.1 Å². The Morgan fingerprint density at radius 3 is 2.18 bits per heavy atom. The van der Waals surface area contributed by atoms with Crippen molar-refractivity contribution in [1.29, 1.82) is 0 Å². The van der Waals surface area contributed by atoms with E-state index >= 15 is 0 Å². The van der Waals surface area contributed by atoms with Crippen LogP contribution >= 0.6 is 0 Å². The van der Waals surface area contributed by atoms with Crippen LogP contribution in [0.25, 0.3) is 0 Å². The molecule has 0 aliphatic carbocycles. The summed E-state index contributed by atoms with van der Waals surface area (Å²) in [5, 5.41) is 0. The van der Waals surface area contributed by atoms with E-state index in [1.54, 1.807) is 31.3 Å². The summed E-state index contributed by atoms with van der Waals surface area (Å²) >= 11 is 0. The molecule has 0 bridgehead atoms. The Kier molecular flexibility index (Phi) is 6.26. The van der Waals surface area contributed by atoms with Crippen LogP contribution < -0.4 is 27.4 Å². The Morgan fingerprint density at radius 1 is 0.941 bits per heavy atom. The molecule has 0 saturated heterocycles. The molecule has 2 aromatic carbocycles. The number of nitrogens with one attached hydrogen (secondary N) is 1. The highest BCUT2D eigenvalue weighted by molar-refractivity contribution is 6.07. The van der Waals surface area contributed by atoms with Crippen molar-refractivity contribution in [3.63, 3.8) is 0 Å². The molecule has 9 nitrogen and oxygen atoms in total. The van der Waals surface area contributed by atoms with E-state index in [1.807, 2.05) is 36.4 Å². The van der Waals surface area contributed by atoms with Gasteiger partial charge in [-0.15, -0.1) is 0 Å². The number of aromatic nitrogens is 3. The fourth-order valence-electron chi connectivity index (χ4n) is 3.62. The number of hydrogen-bond acceptors (Lipinski definition) is 5. The minimum atomic E-state index is -0.792. The number of rotatable bonds is 6. The molecule has 0 radical (unpaired) electrons. The molecule has 0 aliphatic heterocycles. The number of aromatic amines is 1. The predicted molar refractivity (Wildman–Crippen MR) is 130 cm³/mol. The minimum absolute atomic E-state index is 0.00566. The number of amides is 1. The van der Waals surface area contributed by atoms with Crippen LogP contribution in [0.3, 0.4) is 0 Å². The van der Waals surface area contributed by atoms with Crippen LogP contribution in [0, 0.1) is 0 Å². The number of pyridine rings is 1. The van der Waals surface area contributed by atoms with Gasteiger partial charge >= 0.3 is 5.69 Å². The highest BCUT2D eigenvalue weighted by Gasteiger charge is 2.26. The SMILES string of the molecule is Cn1ccc(C(=O)N(Cc2ccccc2)c2c(N)n(Cc3ccccc3)c(=O)[nH]c2=O)cc1=O. The maximum atomic E-state index is 13.6. The van der Waals surface area contributed by atoms with Crippen LogP contribution in [0.1, 0.15) is 21.5 Å². The molecule has 2 aromatic heterocycles. The number of benzene rings is 2. The van der Waals surface area contributed by atoms with Crippen molar-refractivity contribution in [2.75, 3.05) is 10.6 Å². The zero-order valence-electron chi connectivity index (χ0n) is 18.5. The van der Waals surface area contributed by atoms with Crippen molar-refractivity contribution in [3.05, 3.63) is 127 Å². The second-order valence-corrected chi connectivity index (χ2v) is 7.81. The smallest absolute Gasteiger partial charge is 0.330 e. The number of carbonyl (C=O) groups is 1. The third-order valence-electron chi connectivity index (χ3n) is 5.45. The average Bonchev–Trinajstić information content (AvgIpc) is 2.83. The molecule has 34 heavy (non-hydrogen) atoms. The standard InChI is InChI=1S/C25H23N5O4/c1-28-13-12-19(14-20(28)31)24(33)29(15-17-8-4-2-5-9-17)21-22(26)30(25(34)27-23(21)32)16-18-10-6-3-7-11-18/h2-14H,15-16,26H2,1H3,(H,27,32,34). The molecule has 9 heteroatoms. The summed E-state index contributed by atoms with van der Waals surface area (Å²) in [7, 11) is 1.57. The average molecular weight is 457 g/mol. The molecule has 0 aliphatic rings. The van der Waals surface area contributed by atoms with Crippen molar-refractivity contribution in [2.45, 2.75) is 13.1 Å². The number of nitrogens with zero attached hydrogens (tertiary/aromatic N) is 3. The first-order chi connectivity index (χ1) is 16.3. The zero-order chi connectivity index (χ0) is 24.2. The summed E-state index contributed by atoms with van der Waals surface area (Å²) in [6.07, 6.45) is 1.47. The summed E-state index contributed by atoms with van der Waals surface area (Å²) in [6, 6.07) is 20.9. The lowest BCUT2D eigenvalue weighted by molar-refractivity contribution is 0.0984. The minimum Gasteiger partial charge on any atom is -0.383 e. The fourth-order valence-corrected chi connectivity index (χ4v) is 3.62. The monoisotopic (exact) mass is 457 g/mol. The molecule has 2 heterocycles. The van der Waals surface area contributed by atoms with Crippen molar-refractivity contribution in [2.24, 2.45) is 7.05 Å². The van der Waals surface area contributed by atoms with E-state index in [0.717, 1.165) is 11.1 Å². The second-order valence-electron chi connectivity index (χ2n) is 7.81. The molecule has 3 N–H and O–H groups in total. The molecule has 0 unspecified atom stereocenters. The number of nitrogens with two attached hydrogens (primary N) is 1. The van der Waals surface area contributed by atoms with Gasteiger partial charge in [-0.3, -0.25) is 28.8 Å². The molecule has 1 amide bonds. The summed E-state index contributed by atoms with van der Waals surface area (Å²) in [4.78, 5) is 54.7. The van der Waals surface area contributed by atoms with Gasteiger partial charge < -0.3 is 10.3 Å². The van der Waals surface area contributed by atoms with Crippen LogP contribution in [0.5, 0.6) is 0 Å². The van der Waals surface area contributed by atoms with Crippen LogP contribution in [-0.2, 0) is 20.1 Å². The number of hydrogen-bond donors (Lipinski definition) is 2. The molecular weight excluding hydrogens is 434 g/mol. The molecule has 4 rings (SSSR count). The van der Waals surface area contributed by atoms with Crippen LogP contribution in [0.2, 0.25) is 0 Å². The summed E-state index contributed by atoms with van der Waals surface area (Å²) in [6.45, 7) is 0.111. The van der Waals surface area contributed by atoms with E-state index < -0.39 is 17.2 Å². The first kappa shape index (κ1) is 22.5. The van der Waals surface area contributed by atoms with Gasteiger partial charge in [0.25, 0.3) is 17.0 Å². The lowest BCUT2D eigenvalue weighted by Gasteiger charge is -2.25. The maximum absolute atomic E-state index is 13.6. The second kappa shape index (κ2) is 9.45. The summed E-state index contributed by atoms with van der Waals surface area (Å²) in [5.41, 5.74) is 5.95. The van der Waals surface area contributed by atoms with Gasteiger partial charge in [0.1, 0.15) is 5.82 Å². The Morgan fingerprint density at radius 2 is 1.56 bits per heavy atom. The first-order valence-electron chi connectivity index (χ1n) is 10.5. The van der Waals surface area contributed by atoms with E-state index in [1.165, 1.54) is 32.4 Å². The Balaban J connectivity index is 1.86. The number of anilines is 2. The van der Waals surface area contributed by atoms with Gasteiger partial charge in [-0.05, 0) is 17.2 Å². The van der Waals surface area contributed by atoms with Gasteiger partial charge in [0.2, 0.25) is 0 Å². The highest BCUT2D eigenvalue weighted by atomic mass is 16.2. The first-order valence-corrected chi connectivity index (χ1v) is 10.5.